The van der Waals surface area contributed by atoms with E-state index in [0.717, 1.165) is 5.82 Å². The molecule has 0 saturated heterocycles. The number of hydrogen-bond donors (Lipinski definition) is 2. The van der Waals surface area contributed by atoms with E-state index in [1.165, 1.54) is 57.8 Å². The van der Waals surface area contributed by atoms with Gasteiger partial charge in [0.25, 0.3) is 0 Å². The Morgan fingerprint density at radius 1 is 0.933 bits per heavy atom. The minimum Gasteiger partial charge on any atom is -0.375 e. The molecule has 0 aromatic heterocycles. The second-order valence-corrected chi connectivity index (χ2v) is 4.62. The molecule has 2 N–H and O–H groups in total. The zero-order valence-corrected chi connectivity index (χ0v) is 10.1. The minimum absolute atomic E-state index is 0.642. The third-order valence-corrected chi connectivity index (χ3v) is 3.29. The molecule has 1 aliphatic rings. The Bertz CT molecular complexity index is 167. The molecular weight excluding hydrogens is 184 g/mol. The van der Waals surface area contributed by atoms with Crippen molar-refractivity contribution in [2.75, 3.05) is 7.05 Å². The van der Waals surface area contributed by atoms with Gasteiger partial charge in [0.15, 0.2) is 0 Å². The Morgan fingerprint density at radius 3 is 1.87 bits per heavy atom. The molecule has 1 fully saturated rings. The zero-order valence-electron chi connectivity index (χ0n) is 10.1. The van der Waals surface area contributed by atoms with E-state index in [-0.39, 0.29) is 0 Å². The molecule has 1 rings (SSSR count). The highest BCUT2D eigenvalue weighted by atomic mass is 15.1. The van der Waals surface area contributed by atoms with Gasteiger partial charge >= 0.3 is 0 Å². The number of rotatable bonds is 3. The summed E-state index contributed by atoms with van der Waals surface area (Å²) in [7, 11) is 1.93. The molecule has 1 aliphatic carbocycles. The summed E-state index contributed by atoms with van der Waals surface area (Å²) in [6, 6.07) is 0.642. The summed E-state index contributed by atoms with van der Waals surface area (Å²) in [6.07, 6.45) is 12.5. The molecule has 0 radical (unpaired) electrons. The number of nitrogens with one attached hydrogen (secondary N) is 2. The monoisotopic (exact) mass is 210 g/mol. The summed E-state index contributed by atoms with van der Waals surface area (Å²) in [4.78, 5) is 0. The van der Waals surface area contributed by atoms with Crippen molar-refractivity contribution >= 4 is 0 Å². The highest BCUT2D eigenvalue weighted by Gasteiger charge is 2.09. The van der Waals surface area contributed by atoms with Crippen molar-refractivity contribution in [3.63, 3.8) is 0 Å². The van der Waals surface area contributed by atoms with E-state index in [1.807, 2.05) is 7.05 Å². The van der Waals surface area contributed by atoms with Crippen molar-refractivity contribution in [1.82, 2.24) is 10.6 Å². The third kappa shape index (κ3) is 5.71. The van der Waals surface area contributed by atoms with E-state index in [0.29, 0.717) is 6.04 Å². The fraction of sp³-hybridized carbons (Fsp3) is 0.846. The quantitative estimate of drug-likeness (QED) is 0.747. The summed E-state index contributed by atoms with van der Waals surface area (Å²) in [6.45, 7) is 3.94. The van der Waals surface area contributed by atoms with Crippen LogP contribution in [-0.2, 0) is 0 Å². The topological polar surface area (TPSA) is 24.1 Å². The highest BCUT2D eigenvalue weighted by Crippen LogP contribution is 2.17. The van der Waals surface area contributed by atoms with Gasteiger partial charge in [-0.05, 0) is 12.8 Å². The molecule has 2 nitrogen and oxygen atoms in total. The Morgan fingerprint density at radius 2 is 1.40 bits per heavy atom. The maximum atomic E-state index is 3.94. The van der Waals surface area contributed by atoms with E-state index in [2.05, 4.69) is 17.2 Å². The molecule has 88 valence electrons. The fourth-order valence-electron chi connectivity index (χ4n) is 2.27. The van der Waals surface area contributed by atoms with E-state index >= 15 is 0 Å². The second kappa shape index (κ2) is 7.61. The minimum atomic E-state index is 0.642. The van der Waals surface area contributed by atoms with Crippen molar-refractivity contribution in [2.24, 2.45) is 0 Å². The fourth-order valence-corrected chi connectivity index (χ4v) is 2.27. The van der Waals surface area contributed by atoms with Gasteiger partial charge in [-0.1, -0.05) is 51.5 Å². The predicted octanol–water partition coefficient (Wildman–Crippen LogP) is 3.16. The Hall–Kier alpha value is -0.660. The first-order chi connectivity index (χ1) is 7.33. The van der Waals surface area contributed by atoms with E-state index in [1.54, 1.807) is 0 Å². The van der Waals surface area contributed by atoms with Gasteiger partial charge in [0.1, 0.15) is 0 Å². The largest absolute Gasteiger partial charge is 0.375 e. The molecule has 1 saturated carbocycles. The first-order valence-electron chi connectivity index (χ1n) is 6.46. The van der Waals surface area contributed by atoms with Crippen LogP contribution in [0.4, 0.5) is 0 Å². The molecule has 0 aromatic rings. The summed E-state index contributed by atoms with van der Waals surface area (Å²) >= 11 is 0. The SMILES string of the molecule is C=C(NC)NC1CCCCCCCCC1. The van der Waals surface area contributed by atoms with E-state index in [4.69, 9.17) is 0 Å². The van der Waals surface area contributed by atoms with Gasteiger partial charge in [-0.25, -0.2) is 0 Å². The summed E-state index contributed by atoms with van der Waals surface area (Å²) < 4.78 is 0. The average Bonchev–Trinajstić information content (AvgIpc) is 2.27. The smallest absolute Gasteiger partial charge is 0.0911 e. The summed E-state index contributed by atoms with van der Waals surface area (Å²) in [5.74, 6) is 0.969. The maximum Gasteiger partial charge on any atom is 0.0911 e. The van der Waals surface area contributed by atoms with Crippen molar-refractivity contribution in [1.29, 1.82) is 0 Å². The number of hydrogen-bond acceptors (Lipinski definition) is 2. The molecule has 0 heterocycles. The molecule has 0 spiro atoms. The lowest BCUT2D eigenvalue weighted by Gasteiger charge is -2.22. The predicted molar refractivity (Wildman–Crippen MR) is 66.7 cm³/mol. The molecular formula is C13H26N2. The first-order valence-corrected chi connectivity index (χ1v) is 6.46. The van der Waals surface area contributed by atoms with Crippen LogP contribution >= 0.6 is 0 Å². The molecule has 0 bridgehead atoms. The van der Waals surface area contributed by atoms with Crippen LogP contribution in [0.15, 0.2) is 12.4 Å². The standard InChI is InChI=1S/C13H26N2/c1-12(14-2)15-13-10-8-6-4-3-5-7-9-11-13/h13-15H,1,3-11H2,2H3. The molecule has 0 amide bonds. The van der Waals surface area contributed by atoms with Crippen LogP contribution in [-0.4, -0.2) is 13.1 Å². The second-order valence-electron chi connectivity index (χ2n) is 4.62. The lowest BCUT2D eigenvalue weighted by Crippen LogP contribution is -2.33. The Kier molecular flexibility index (Phi) is 6.29. The molecule has 0 atom stereocenters. The molecule has 0 unspecified atom stereocenters. The van der Waals surface area contributed by atoms with Gasteiger partial charge in [-0.3, -0.25) is 0 Å². The normalized spacial score (nSPS) is 20.6. The lowest BCUT2D eigenvalue weighted by atomic mass is 9.97. The summed E-state index contributed by atoms with van der Waals surface area (Å²) in [5.41, 5.74) is 0. The van der Waals surface area contributed by atoms with Crippen molar-refractivity contribution in [2.45, 2.75) is 63.8 Å². The van der Waals surface area contributed by atoms with Gasteiger partial charge in [-0.2, -0.15) is 0 Å². The van der Waals surface area contributed by atoms with Crippen LogP contribution in [0.25, 0.3) is 0 Å². The van der Waals surface area contributed by atoms with Crippen molar-refractivity contribution in [3.8, 4) is 0 Å². The van der Waals surface area contributed by atoms with Gasteiger partial charge in [-0.15, -0.1) is 0 Å². The van der Waals surface area contributed by atoms with Crippen molar-refractivity contribution in [3.05, 3.63) is 12.4 Å². The average molecular weight is 210 g/mol. The molecule has 2 heteroatoms. The van der Waals surface area contributed by atoms with E-state index < -0.39 is 0 Å². The van der Waals surface area contributed by atoms with Gasteiger partial charge in [0.2, 0.25) is 0 Å². The zero-order chi connectivity index (χ0) is 10.9. The van der Waals surface area contributed by atoms with Gasteiger partial charge < -0.3 is 10.6 Å². The van der Waals surface area contributed by atoms with Gasteiger partial charge in [0.05, 0.1) is 5.82 Å². The molecule has 0 aromatic carbocycles. The lowest BCUT2D eigenvalue weighted by molar-refractivity contribution is 0.416. The Balaban J connectivity index is 2.28. The van der Waals surface area contributed by atoms with Crippen LogP contribution in [0.1, 0.15) is 57.8 Å². The first kappa shape index (κ1) is 12.4. The highest BCUT2D eigenvalue weighted by molar-refractivity contribution is 4.89. The van der Waals surface area contributed by atoms with Crippen LogP contribution in [0.2, 0.25) is 0 Å². The van der Waals surface area contributed by atoms with E-state index in [9.17, 15) is 0 Å². The van der Waals surface area contributed by atoms with Crippen LogP contribution in [0.5, 0.6) is 0 Å². The summed E-state index contributed by atoms with van der Waals surface area (Å²) in [5, 5.41) is 6.55. The Labute approximate surface area is 94.5 Å². The maximum absolute atomic E-state index is 3.94. The van der Waals surface area contributed by atoms with Crippen LogP contribution < -0.4 is 10.6 Å². The third-order valence-electron chi connectivity index (χ3n) is 3.29. The van der Waals surface area contributed by atoms with Crippen LogP contribution in [0, 0.1) is 0 Å². The van der Waals surface area contributed by atoms with Crippen LogP contribution in [0.3, 0.4) is 0 Å². The molecule has 0 aliphatic heterocycles. The molecule has 15 heavy (non-hydrogen) atoms. The van der Waals surface area contributed by atoms with Crippen molar-refractivity contribution < 1.29 is 0 Å². The van der Waals surface area contributed by atoms with Gasteiger partial charge in [0, 0.05) is 13.1 Å².